The average Bonchev–Trinajstić information content (AvgIpc) is 3.03. The summed E-state index contributed by atoms with van der Waals surface area (Å²) in [5.41, 5.74) is 0.970. The Balaban J connectivity index is 1.83. The molecule has 0 atom stereocenters. The standard InChI is InChI=1S/C16H16N4O4S/c1-25(22,23)10-9-24-15-11-13(18-14-7-8-17-20(14)15)19-16(21)12-5-3-2-4-6-12/h2-8,11H,9-10H2,1H3,(H,18,19,21). The molecule has 2 heterocycles. The van der Waals surface area contributed by atoms with Gasteiger partial charge in [0.2, 0.25) is 5.88 Å². The molecule has 0 saturated heterocycles. The summed E-state index contributed by atoms with van der Waals surface area (Å²) in [6, 6.07) is 11.9. The molecule has 8 nitrogen and oxygen atoms in total. The Hall–Kier alpha value is -2.94. The Morgan fingerprint density at radius 2 is 2.00 bits per heavy atom. The van der Waals surface area contributed by atoms with Gasteiger partial charge in [-0.05, 0) is 12.1 Å². The number of nitrogens with one attached hydrogen (secondary N) is 1. The topological polar surface area (TPSA) is 103 Å². The second kappa shape index (κ2) is 6.89. The van der Waals surface area contributed by atoms with Crippen LogP contribution in [0.3, 0.4) is 0 Å². The van der Waals surface area contributed by atoms with Crippen LogP contribution < -0.4 is 10.1 Å². The molecule has 3 aromatic rings. The van der Waals surface area contributed by atoms with E-state index in [-0.39, 0.29) is 24.1 Å². The van der Waals surface area contributed by atoms with Gasteiger partial charge in [-0.2, -0.15) is 9.61 Å². The molecule has 1 amide bonds. The van der Waals surface area contributed by atoms with Crippen molar-refractivity contribution in [2.75, 3.05) is 23.9 Å². The van der Waals surface area contributed by atoms with Crippen LogP contribution in [0, 0.1) is 0 Å². The predicted octanol–water partition coefficient (Wildman–Crippen LogP) is 1.41. The van der Waals surface area contributed by atoms with Gasteiger partial charge in [-0.1, -0.05) is 18.2 Å². The zero-order chi connectivity index (χ0) is 17.9. The lowest BCUT2D eigenvalue weighted by Gasteiger charge is -2.10. The second-order valence-corrected chi connectivity index (χ2v) is 7.64. The highest BCUT2D eigenvalue weighted by Crippen LogP contribution is 2.18. The number of aromatic nitrogens is 3. The number of hydrogen-bond acceptors (Lipinski definition) is 6. The zero-order valence-corrected chi connectivity index (χ0v) is 14.2. The fourth-order valence-corrected chi connectivity index (χ4v) is 2.51. The smallest absolute Gasteiger partial charge is 0.256 e. The predicted molar refractivity (Wildman–Crippen MR) is 92.6 cm³/mol. The summed E-state index contributed by atoms with van der Waals surface area (Å²) in [5.74, 6) is 0.154. The Kier molecular flexibility index (Phi) is 4.66. The lowest BCUT2D eigenvalue weighted by molar-refractivity contribution is 0.102. The third-order valence-electron chi connectivity index (χ3n) is 3.31. The summed E-state index contributed by atoms with van der Waals surface area (Å²) in [4.78, 5) is 16.5. The number of rotatable bonds is 6. The maximum atomic E-state index is 12.3. The van der Waals surface area contributed by atoms with Gasteiger partial charge in [-0.3, -0.25) is 4.79 Å². The minimum absolute atomic E-state index is 0.0239. The molecule has 0 fully saturated rings. The Morgan fingerprint density at radius 1 is 1.24 bits per heavy atom. The highest BCUT2D eigenvalue weighted by atomic mass is 32.2. The molecule has 130 valence electrons. The molecule has 3 rings (SSSR count). The SMILES string of the molecule is CS(=O)(=O)CCOc1cc(NC(=O)c2ccccc2)nc2ccnn12. The molecule has 0 aliphatic rings. The molecule has 0 saturated carbocycles. The summed E-state index contributed by atoms with van der Waals surface area (Å²) in [6.07, 6.45) is 2.67. The van der Waals surface area contributed by atoms with Crippen molar-refractivity contribution in [2.24, 2.45) is 0 Å². The third kappa shape index (κ3) is 4.32. The van der Waals surface area contributed by atoms with E-state index in [9.17, 15) is 13.2 Å². The first kappa shape index (κ1) is 16.9. The van der Waals surface area contributed by atoms with Crippen molar-refractivity contribution in [1.29, 1.82) is 0 Å². The van der Waals surface area contributed by atoms with Crippen molar-refractivity contribution in [3.8, 4) is 5.88 Å². The number of anilines is 1. The van der Waals surface area contributed by atoms with Gasteiger partial charge in [0, 0.05) is 24.0 Å². The molecule has 0 aliphatic heterocycles. The number of ether oxygens (including phenoxy) is 1. The summed E-state index contributed by atoms with van der Waals surface area (Å²) in [6.45, 7) is -0.0239. The van der Waals surface area contributed by atoms with Crippen LogP contribution in [0.2, 0.25) is 0 Å². The lowest BCUT2D eigenvalue weighted by atomic mass is 10.2. The number of nitrogens with zero attached hydrogens (tertiary/aromatic N) is 3. The first-order valence-corrected chi connectivity index (χ1v) is 9.50. The van der Waals surface area contributed by atoms with Crippen LogP contribution >= 0.6 is 0 Å². The molecule has 0 spiro atoms. The molecule has 0 radical (unpaired) electrons. The highest BCUT2D eigenvalue weighted by molar-refractivity contribution is 7.90. The van der Waals surface area contributed by atoms with Crippen LogP contribution in [0.5, 0.6) is 5.88 Å². The van der Waals surface area contributed by atoms with Gasteiger partial charge in [0.05, 0.1) is 11.9 Å². The molecule has 1 aromatic carbocycles. The van der Waals surface area contributed by atoms with Gasteiger partial charge < -0.3 is 10.1 Å². The summed E-state index contributed by atoms with van der Waals surface area (Å²) < 4.78 is 29.4. The van der Waals surface area contributed by atoms with Crippen LogP contribution in [-0.2, 0) is 9.84 Å². The number of benzene rings is 1. The molecule has 9 heteroatoms. The minimum atomic E-state index is -3.14. The Labute approximate surface area is 144 Å². The fourth-order valence-electron chi connectivity index (χ4n) is 2.13. The van der Waals surface area contributed by atoms with Crippen molar-refractivity contribution >= 4 is 27.2 Å². The number of carbonyl (C=O) groups excluding carboxylic acids is 1. The van der Waals surface area contributed by atoms with Crippen molar-refractivity contribution in [3.63, 3.8) is 0 Å². The molecule has 0 bridgehead atoms. The summed E-state index contributed by atoms with van der Waals surface area (Å²) >= 11 is 0. The maximum absolute atomic E-state index is 12.3. The van der Waals surface area contributed by atoms with E-state index in [0.29, 0.717) is 17.1 Å². The van der Waals surface area contributed by atoms with E-state index >= 15 is 0 Å². The molecule has 25 heavy (non-hydrogen) atoms. The number of carbonyl (C=O) groups is 1. The van der Waals surface area contributed by atoms with Crippen molar-refractivity contribution in [3.05, 3.63) is 54.2 Å². The number of sulfone groups is 1. The average molecular weight is 360 g/mol. The van der Waals surface area contributed by atoms with Crippen molar-refractivity contribution in [2.45, 2.75) is 0 Å². The molecular weight excluding hydrogens is 344 g/mol. The first-order valence-electron chi connectivity index (χ1n) is 7.44. The largest absolute Gasteiger partial charge is 0.476 e. The van der Waals surface area contributed by atoms with E-state index < -0.39 is 9.84 Å². The van der Waals surface area contributed by atoms with Crippen LogP contribution in [0.4, 0.5) is 5.82 Å². The maximum Gasteiger partial charge on any atom is 0.256 e. The van der Waals surface area contributed by atoms with Gasteiger partial charge in [-0.25, -0.2) is 13.4 Å². The molecular formula is C16H16N4O4S. The van der Waals surface area contributed by atoms with Crippen LogP contribution in [0.15, 0.2) is 48.7 Å². The van der Waals surface area contributed by atoms with Crippen LogP contribution in [0.1, 0.15) is 10.4 Å². The van der Waals surface area contributed by atoms with Gasteiger partial charge in [0.1, 0.15) is 12.4 Å². The summed E-state index contributed by atoms with van der Waals surface area (Å²) in [5, 5.41) is 6.78. The number of amides is 1. The number of fused-ring (bicyclic) bond motifs is 1. The third-order valence-corrected chi connectivity index (χ3v) is 4.22. The van der Waals surface area contributed by atoms with Crippen LogP contribution in [-0.4, -0.2) is 47.5 Å². The number of hydrogen-bond donors (Lipinski definition) is 1. The van der Waals surface area contributed by atoms with Crippen LogP contribution in [0.25, 0.3) is 5.65 Å². The van der Waals surface area contributed by atoms with E-state index in [0.717, 1.165) is 6.26 Å². The van der Waals surface area contributed by atoms with Gasteiger partial charge in [0.25, 0.3) is 5.91 Å². The quantitative estimate of drug-likeness (QED) is 0.713. The molecule has 2 aromatic heterocycles. The van der Waals surface area contributed by atoms with Crippen molar-refractivity contribution in [1.82, 2.24) is 14.6 Å². The van der Waals surface area contributed by atoms with E-state index in [1.165, 1.54) is 16.8 Å². The van der Waals surface area contributed by atoms with Crippen molar-refractivity contribution < 1.29 is 17.9 Å². The first-order chi connectivity index (χ1) is 11.9. The van der Waals surface area contributed by atoms with E-state index in [1.807, 2.05) is 6.07 Å². The minimum Gasteiger partial charge on any atom is -0.476 e. The zero-order valence-electron chi connectivity index (χ0n) is 13.4. The van der Waals surface area contributed by atoms with E-state index in [1.54, 1.807) is 30.3 Å². The van der Waals surface area contributed by atoms with E-state index in [2.05, 4.69) is 15.4 Å². The normalized spacial score (nSPS) is 11.4. The fraction of sp³-hybridized carbons (Fsp3) is 0.188. The molecule has 0 unspecified atom stereocenters. The Morgan fingerprint density at radius 3 is 2.72 bits per heavy atom. The summed E-state index contributed by atoms with van der Waals surface area (Å²) in [7, 11) is -3.14. The lowest BCUT2D eigenvalue weighted by Crippen LogP contribution is -2.16. The molecule has 0 aliphatic carbocycles. The van der Waals surface area contributed by atoms with Gasteiger partial charge in [-0.15, -0.1) is 0 Å². The van der Waals surface area contributed by atoms with Gasteiger partial charge >= 0.3 is 0 Å². The van der Waals surface area contributed by atoms with E-state index in [4.69, 9.17) is 4.74 Å². The second-order valence-electron chi connectivity index (χ2n) is 5.38. The monoisotopic (exact) mass is 360 g/mol. The van der Waals surface area contributed by atoms with Gasteiger partial charge in [0.15, 0.2) is 15.5 Å². The highest BCUT2D eigenvalue weighted by Gasteiger charge is 2.12. The Bertz CT molecular complexity index is 999. The molecule has 1 N–H and O–H groups in total.